The third-order valence-electron chi connectivity index (χ3n) is 3.54. The molecule has 0 radical (unpaired) electrons. The summed E-state index contributed by atoms with van der Waals surface area (Å²) < 4.78 is 0. The molecule has 2 N–H and O–H groups in total. The van der Waals surface area contributed by atoms with E-state index in [4.69, 9.17) is 0 Å². The maximum Gasteiger partial charge on any atom is 0.251 e. The first-order chi connectivity index (χ1) is 10.3. The van der Waals surface area contributed by atoms with E-state index < -0.39 is 0 Å². The Morgan fingerprint density at radius 1 is 0.857 bits per heavy atom. The first kappa shape index (κ1) is 17.5. The molecule has 118 valence electrons. The van der Waals surface area contributed by atoms with Crippen molar-refractivity contribution in [3.8, 4) is 0 Å². The molecule has 0 saturated carbocycles. The normalized spacial score (nSPS) is 10.4. The summed E-state index contributed by atoms with van der Waals surface area (Å²) in [6, 6.07) is 7.70. The van der Waals surface area contributed by atoms with E-state index in [-0.39, 0.29) is 5.91 Å². The second-order valence-corrected chi connectivity index (χ2v) is 5.53. The van der Waals surface area contributed by atoms with Crippen LogP contribution in [0.3, 0.4) is 0 Å². The molecule has 0 fully saturated rings. The monoisotopic (exact) mass is 290 g/mol. The fourth-order valence-corrected chi connectivity index (χ4v) is 2.22. The number of anilines is 1. The topological polar surface area (TPSA) is 41.1 Å². The lowest BCUT2D eigenvalue weighted by atomic mass is 10.1. The number of hydrogen-bond donors (Lipinski definition) is 2. The van der Waals surface area contributed by atoms with Crippen LogP contribution in [-0.2, 0) is 0 Å². The Morgan fingerprint density at radius 2 is 1.52 bits per heavy atom. The Hall–Kier alpha value is -1.51. The van der Waals surface area contributed by atoms with Gasteiger partial charge in [0.25, 0.3) is 5.91 Å². The largest absolute Gasteiger partial charge is 0.385 e. The van der Waals surface area contributed by atoms with E-state index in [1.165, 1.54) is 32.1 Å². The van der Waals surface area contributed by atoms with E-state index >= 15 is 0 Å². The van der Waals surface area contributed by atoms with Crippen molar-refractivity contribution in [2.75, 3.05) is 18.4 Å². The van der Waals surface area contributed by atoms with Crippen molar-refractivity contribution in [2.24, 2.45) is 0 Å². The zero-order valence-corrected chi connectivity index (χ0v) is 13.6. The number of amides is 1. The fraction of sp³-hybridized carbons (Fsp3) is 0.611. The van der Waals surface area contributed by atoms with Crippen molar-refractivity contribution in [3.05, 3.63) is 29.8 Å². The number of hydrogen-bond acceptors (Lipinski definition) is 2. The lowest BCUT2D eigenvalue weighted by molar-refractivity contribution is 0.0953. The molecule has 21 heavy (non-hydrogen) atoms. The zero-order chi connectivity index (χ0) is 15.3. The standard InChI is InChI=1S/C18H30N2O/c1-3-5-6-7-8-9-15-20-18(21)16-10-12-17(13-11-16)19-14-4-2/h10-13,19H,3-9,14-15H2,1-2H3,(H,20,21). The molecule has 0 unspecified atom stereocenters. The van der Waals surface area contributed by atoms with Crippen LogP contribution >= 0.6 is 0 Å². The predicted molar refractivity (Wildman–Crippen MR) is 90.9 cm³/mol. The van der Waals surface area contributed by atoms with E-state index in [9.17, 15) is 4.79 Å². The van der Waals surface area contributed by atoms with E-state index in [2.05, 4.69) is 24.5 Å². The Balaban J connectivity index is 2.19. The van der Waals surface area contributed by atoms with Crippen LogP contribution < -0.4 is 10.6 Å². The molecule has 3 nitrogen and oxygen atoms in total. The summed E-state index contributed by atoms with van der Waals surface area (Å²) in [5.41, 5.74) is 1.81. The van der Waals surface area contributed by atoms with Gasteiger partial charge in [-0.2, -0.15) is 0 Å². The highest BCUT2D eigenvalue weighted by Gasteiger charge is 2.04. The van der Waals surface area contributed by atoms with E-state index in [1.807, 2.05) is 24.3 Å². The number of benzene rings is 1. The molecule has 0 bridgehead atoms. The number of unbranched alkanes of at least 4 members (excludes halogenated alkanes) is 5. The Bertz CT molecular complexity index is 387. The van der Waals surface area contributed by atoms with Gasteiger partial charge >= 0.3 is 0 Å². The van der Waals surface area contributed by atoms with Crippen LogP contribution in [0, 0.1) is 0 Å². The van der Waals surface area contributed by atoms with Gasteiger partial charge in [-0.1, -0.05) is 46.0 Å². The molecule has 1 amide bonds. The minimum Gasteiger partial charge on any atom is -0.385 e. The van der Waals surface area contributed by atoms with Crippen LogP contribution in [0.2, 0.25) is 0 Å². The number of carbonyl (C=O) groups is 1. The van der Waals surface area contributed by atoms with Crippen molar-refractivity contribution >= 4 is 11.6 Å². The second-order valence-electron chi connectivity index (χ2n) is 5.53. The number of nitrogens with one attached hydrogen (secondary N) is 2. The van der Waals surface area contributed by atoms with Crippen molar-refractivity contribution in [1.29, 1.82) is 0 Å². The van der Waals surface area contributed by atoms with Gasteiger partial charge in [-0.25, -0.2) is 0 Å². The van der Waals surface area contributed by atoms with Gasteiger partial charge in [0, 0.05) is 24.3 Å². The summed E-state index contributed by atoms with van der Waals surface area (Å²) in [4.78, 5) is 12.0. The molecule has 0 saturated heterocycles. The molecule has 1 aromatic rings. The predicted octanol–water partition coefficient (Wildman–Crippen LogP) is 4.60. The molecule has 0 aromatic heterocycles. The van der Waals surface area contributed by atoms with Gasteiger partial charge in [0.2, 0.25) is 0 Å². The molecular weight excluding hydrogens is 260 g/mol. The third kappa shape index (κ3) is 7.74. The quantitative estimate of drug-likeness (QED) is 0.585. The summed E-state index contributed by atoms with van der Waals surface area (Å²) in [5.74, 6) is 0.0330. The number of carbonyl (C=O) groups excluding carboxylic acids is 1. The molecule has 1 rings (SSSR count). The first-order valence-electron chi connectivity index (χ1n) is 8.40. The third-order valence-corrected chi connectivity index (χ3v) is 3.54. The van der Waals surface area contributed by atoms with Gasteiger partial charge in [0.05, 0.1) is 0 Å². The van der Waals surface area contributed by atoms with Gasteiger partial charge in [0.15, 0.2) is 0 Å². The van der Waals surface area contributed by atoms with Crippen molar-refractivity contribution in [1.82, 2.24) is 5.32 Å². The smallest absolute Gasteiger partial charge is 0.251 e. The first-order valence-corrected chi connectivity index (χ1v) is 8.40. The maximum absolute atomic E-state index is 12.0. The molecule has 3 heteroatoms. The lowest BCUT2D eigenvalue weighted by Crippen LogP contribution is -2.24. The average molecular weight is 290 g/mol. The van der Waals surface area contributed by atoms with Gasteiger partial charge in [-0.05, 0) is 37.1 Å². The van der Waals surface area contributed by atoms with Crippen LogP contribution in [-0.4, -0.2) is 19.0 Å². The van der Waals surface area contributed by atoms with E-state index in [1.54, 1.807) is 0 Å². The SMILES string of the molecule is CCCCCCCCNC(=O)c1ccc(NCCC)cc1. The lowest BCUT2D eigenvalue weighted by Gasteiger charge is -2.07. The maximum atomic E-state index is 12.0. The molecule has 0 heterocycles. The molecule has 0 aliphatic heterocycles. The summed E-state index contributed by atoms with van der Waals surface area (Å²) in [7, 11) is 0. The molecule has 1 aromatic carbocycles. The highest BCUT2D eigenvalue weighted by atomic mass is 16.1. The van der Waals surface area contributed by atoms with Crippen molar-refractivity contribution < 1.29 is 4.79 Å². The van der Waals surface area contributed by atoms with Crippen LogP contribution in [0.15, 0.2) is 24.3 Å². The van der Waals surface area contributed by atoms with Gasteiger partial charge < -0.3 is 10.6 Å². The van der Waals surface area contributed by atoms with Crippen LogP contribution in [0.4, 0.5) is 5.69 Å². The second kappa shape index (κ2) is 11.2. The van der Waals surface area contributed by atoms with Crippen LogP contribution in [0.25, 0.3) is 0 Å². The van der Waals surface area contributed by atoms with E-state index in [0.29, 0.717) is 0 Å². The summed E-state index contributed by atoms with van der Waals surface area (Å²) in [6.45, 7) is 6.10. The molecule has 0 atom stereocenters. The van der Waals surface area contributed by atoms with Crippen molar-refractivity contribution in [3.63, 3.8) is 0 Å². The zero-order valence-electron chi connectivity index (χ0n) is 13.6. The minimum absolute atomic E-state index is 0.0330. The van der Waals surface area contributed by atoms with E-state index in [0.717, 1.165) is 37.2 Å². The van der Waals surface area contributed by atoms with Gasteiger partial charge in [-0.3, -0.25) is 4.79 Å². The molecular formula is C18H30N2O. The molecule has 0 aliphatic carbocycles. The average Bonchev–Trinajstić information content (AvgIpc) is 2.52. The molecule has 0 aliphatic rings. The number of rotatable bonds is 11. The van der Waals surface area contributed by atoms with Crippen molar-refractivity contribution in [2.45, 2.75) is 58.8 Å². The fourth-order valence-electron chi connectivity index (χ4n) is 2.22. The summed E-state index contributed by atoms with van der Waals surface area (Å²) in [6.07, 6.45) is 8.58. The summed E-state index contributed by atoms with van der Waals surface area (Å²) in [5, 5.41) is 6.30. The highest BCUT2D eigenvalue weighted by Crippen LogP contribution is 2.09. The van der Waals surface area contributed by atoms with Gasteiger partial charge in [0.1, 0.15) is 0 Å². The Morgan fingerprint density at radius 3 is 2.19 bits per heavy atom. The summed E-state index contributed by atoms with van der Waals surface area (Å²) >= 11 is 0. The molecule has 0 spiro atoms. The Labute approximate surface area is 129 Å². The van der Waals surface area contributed by atoms with Crippen LogP contribution in [0.1, 0.15) is 69.2 Å². The van der Waals surface area contributed by atoms with Crippen LogP contribution in [0.5, 0.6) is 0 Å². The highest BCUT2D eigenvalue weighted by molar-refractivity contribution is 5.94. The van der Waals surface area contributed by atoms with Gasteiger partial charge in [-0.15, -0.1) is 0 Å². The Kier molecular flexibility index (Phi) is 9.34. The minimum atomic E-state index is 0.0330.